The summed E-state index contributed by atoms with van der Waals surface area (Å²) in [5.74, 6) is -1.50. The van der Waals surface area contributed by atoms with Crippen molar-refractivity contribution in [1.29, 1.82) is 0 Å². The Morgan fingerprint density at radius 1 is 0.963 bits per heavy atom. The molecule has 1 aromatic heterocycles. The maximum absolute atomic E-state index is 13.3. The minimum Gasteiger partial charge on any atom is -0.325 e. The first-order chi connectivity index (χ1) is 12.9. The number of carbonyl (C=O) groups excluding carboxylic acids is 1. The predicted molar refractivity (Wildman–Crippen MR) is 95.5 cm³/mol. The van der Waals surface area contributed by atoms with Crippen LogP contribution in [-0.4, -0.2) is 15.0 Å². The molecule has 1 heterocycles. The molecular weight excluding hydrogens is 356 g/mol. The van der Waals surface area contributed by atoms with Crippen molar-refractivity contribution in [2.75, 3.05) is 5.32 Å². The first-order valence-electron chi connectivity index (χ1n) is 8.02. The van der Waals surface area contributed by atoms with Gasteiger partial charge < -0.3 is 5.32 Å². The molecule has 27 heavy (non-hydrogen) atoms. The number of carbonyl (C=O) groups is 1. The summed E-state index contributed by atoms with van der Waals surface area (Å²) in [6.45, 7) is -0.449. The van der Waals surface area contributed by atoms with Crippen LogP contribution >= 0.6 is 0 Å². The van der Waals surface area contributed by atoms with E-state index in [2.05, 4.69) is 5.32 Å². The van der Waals surface area contributed by atoms with Crippen LogP contribution < -0.4 is 16.6 Å². The lowest BCUT2D eigenvalue weighted by atomic mass is 10.2. The number of hydrogen-bond acceptors (Lipinski definition) is 3. The van der Waals surface area contributed by atoms with Gasteiger partial charge >= 0.3 is 5.69 Å². The highest BCUT2D eigenvalue weighted by Gasteiger charge is 2.11. The molecule has 0 saturated carbocycles. The fourth-order valence-electron chi connectivity index (χ4n) is 2.53. The SMILES string of the molecule is O=C(Cn1c(=O)ccn(Cc2cccc(F)c2)c1=O)Nc1ccc(F)cc1. The number of rotatable bonds is 5. The lowest BCUT2D eigenvalue weighted by Gasteiger charge is -2.10. The molecule has 1 amide bonds. The summed E-state index contributed by atoms with van der Waals surface area (Å²) in [6.07, 6.45) is 1.30. The van der Waals surface area contributed by atoms with Crippen molar-refractivity contribution in [2.24, 2.45) is 0 Å². The van der Waals surface area contributed by atoms with E-state index in [1.807, 2.05) is 0 Å². The quantitative estimate of drug-likeness (QED) is 0.745. The monoisotopic (exact) mass is 371 g/mol. The van der Waals surface area contributed by atoms with E-state index in [9.17, 15) is 23.2 Å². The average molecular weight is 371 g/mol. The molecule has 6 nitrogen and oxygen atoms in total. The highest BCUT2D eigenvalue weighted by atomic mass is 19.1. The summed E-state index contributed by atoms with van der Waals surface area (Å²) in [5.41, 5.74) is -0.450. The van der Waals surface area contributed by atoms with Crippen molar-refractivity contribution in [3.8, 4) is 0 Å². The van der Waals surface area contributed by atoms with Gasteiger partial charge in [-0.3, -0.25) is 18.7 Å². The van der Waals surface area contributed by atoms with E-state index in [1.54, 1.807) is 6.07 Å². The third-order valence-electron chi connectivity index (χ3n) is 3.81. The van der Waals surface area contributed by atoms with Gasteiger partial charge in [-0.15, -0.1) is 0 Å². The number of amides is 1. The average Bonchev–Trinajstić information content (AvgIpc) is 2.63. The van der Waals surface area contributed by atoms with E-state index < -0.39 is 35.3 Å². The predicted octanol–water partition coefficient (Wildman–Crippen LogP) is 1.98. The number of nitrogens with one attached hydrogen (secondary N) is 1. The number of anilines is 1. The molecule has 0 unspecified atom stereocenters. The lowest BCUT2D eigenvalue weighted by Crippen LogP contribution is -2.41. The molecule has 0 fully saturated rings. The highest BCUT2D eigenvalue weighted by molar-refractivity contribution is 5.90. The van der Waals surface area contributed by atoms with Crippen LogP contribution in [0, 0.1) is 11.6 Å². The van der Waals surface area contributed by atoms with Crippen LogP contribution in [0.2, 0.25) is 0 Å². The van der Waals surface area contributed by atoms with E-state index >= 15 is 0 Å². The van der Waals surface area contributed by atoms with Crippen molar-refractivity contribution in [1.82, 2.24) is 9.13 Å². The van der Waals surface area contributed by atoms with Crippen LogP contribution in [-0.2, 0) is 17.9 Å². The van der Waals surface area contributed by atoms with Gasteiger partial charge in [-0.1, -0.05) is 12.1 Å². The van der Waals surface area contributed by atoms with Crippen LogP contribution in [0.4, 0.5) is 14.5 Å². The minimum absolute atomic E-state index is 0.0520. The van der Waals surface area contributed by atoms with Gasteiger partial charge in [-0.2, -0.15) is 0 Å². The summed E-state index contributed by atoms with van der Waals surface area (Å²) >= 11 is 0. The number of halogens is 2. The van der Waals surface area contributed by atoms with E-state index in [0.29, 0.717) is 11.3 Å². The second-order valence-corrected chi connectivity index (χ2v) is 5.84. The van der Waals surface area contributed by atoms with Gasteiger partial charge in [0.15, 0.2) is 0 Å². The lowest BCUT2D eigenvalue weighted by molar-refractivity contribution is -0.116. The Morgan fingerprint density at radius 2 is 1.70 bits per heavy atom. The summed E-state index contributed by atoms with van der Waals surface area (Å²) in [7, 11) is 0. The second kappa shape index (κ2) is 7.77. The Labute approximate surface area is 152 Å². The maximum atomic E-state index is 13.3. The van der Waals surface area contributed by atoms with Gasteiger partial charge in [-0.25, -0.2) is 13.6 Å². The van der Waals surface area contributed by atoms with E-state index in [0.717, 1.165) is 10.6 Å². The molecule has 0 spiro atoms. The molecule has 0 radical (unpaired) electrons. The number of hydrogen-bond donors (Lipinski definition) is 1. The maximum Gasteiger partial charge on any atom is 0.331 e. The number of benzene rings is 2. The van der Waals surface area contributed by atoms with E-state index in [1.165, 1.54) is 53.2 Å². The van der Waals surface area contributed by atoms with Crippen molar-refractivity contribution in [3.05, 3.63) is 98.8 Å². The molecule has 2 aromatic carbocycles. The Kier molecular flexibility index (Phi) is 5.25. The van der Waals surface area contributed by atoms with Gasteiger partial charge in [0.25, 0.3) is 5.56 Å². The smallest absolute Gasteiger partial charge is 0.325 e. The molecule has 0 aliphatic carbocycles. The van der Waals surface area contributed by atoms with Crippen molar-refractivity contribution >= 4 is 11.6 Å². The topological polar surface area (TPSA) is 73.1 Å². The second-order valence-electron chi connectivity index (χ2n) is 5.84. The van der Waals surface area contributed by atoms with Crippen LogP contribution in [0.3, 0.4) is 0 Å². The number of nitrogens with zero attached hydrogens (tertiary/aromatic N) is 2. The molecule has 0 atom stereocenters. The first kappa shape index (κ1) is 18.2. The van der Waals surface area contributed by atoms with Crippen molar-refractivity contribution in [3.63, 3.8) is 0 Å². The third kappa shape index (κ3) is 4.55. The molecule has 0 aliphatic heterocycles. The summed E-state index contributed by atoms with van der Waals surface area (Å²) in [5, 5.41) is 2.49. The van der Waals surface area contributed by atoms with Crippen molar-refractivity contribution < 1.29 is 13.6 Å². The molecule has 0 saturated heterocycles. The van der Waals surface area contributed by atoms with Gasteiger partial charge in [-0.05, 0) is 42.0 Å². The normalized spacial score (nSPS) is 10.6. The zero-order chi connectivity index (χ0) is 19.4. The molecule has 0 bridgehead atoms. The Balaban J connectivity index is 1.80. The van der Waals surface area contributed by atoms with Gasteiger partial charge in [0.1, 0.15) is 18.2 Å². The van der Waals surface area contributed by atoms with Gasteiger partial charge in [0.05, 0.1) is 6.54 Å². The molecular formula is C19H15F2N3O3. The molecule has 8 heteroatoms. The van der Waals surface area contributed by atoms with E-state index in [-0.39, 0.29) is 6.54 Å². The summed E-state index contributed by atoms with van der Waals surface area (Å²) in [6, 6.07) is 12.0. The van der Waals surface area contributed by atoms with Crippen molar-refractivity contribution in [2.45, 2.75) is 13.1 Å². The minimum atomic E-state index is -0.694. The largest absolute Gasteiger partial charge is 0.331 e. The van der Waals surface area contributed by atoms with Crippen LogP contribution in [0.5, 0.6) is 0 Å². The molecule has 0 aliphatic rings. The van der Waals surface area contributed by atoms with Crippen LogP contribution in [0.1, 0.15) is 5.56 Å². The Bertz CT molecular complexity index is 1090. The zero-order valence-corrected chi connectivity index (χ0v) is 14.1. The molecule has 138 valence electrons. The van der Waals surface area contributed by atoms with E-state index in [4.69, 9.17) is 0 Å². The first-order valence-corrected chi connectivity index (χ1v) is 8.02. The number of aromatic nitrogens is 2. The fourth-order valence-corrected chi connectivity index (χ4v) is 2.53. The van der Waals surface area contributed by atoms with Gasteiger partial charge in [0, 0.05) is 18.0 Å². The molecule has 1 N–H and O–H groups in total. The standard InChI is InChI=1S/C19H15F2N3O3/c20-14-4-6-16(7-5-14)22-17(25)12-24-18(26)8-9-23(19(24)27)11-13-2-1-3-15(21)10-13/h1-10H,11-12H2,(H,22,25). The van der Waals surface area contributed by atoms with Gasteiger partial charge in [0.2, 0.25) is 5.91 Å². The Hall–Kier alpha value is -3.55. The Morgan fingerprint density at radius 3 is 2.41 bits per heavy atom. The van der Waals surface area contributed by atoms with Crippen LogP contribution in [0.25, 0.3) is 0 Å². The third-order valence-corrected chi connectivity index (χ3v) is 3.81. The van der Waals surface area contributed by atoms with Crippen LogP contribution in [0.15, 0.2) is 70.4 Å². The molecule has 3 aromatic rings. The highest BCUT2D eigenvalue weighted by Crippen LogP contribution is 2.08. The summed E-state index contributed by atoms with van der Waals surface area (Å²) in [4.78, 5) is 36.6. The molecule has 3 rings (SSSR count). The fraction of sp³-hybridized carbons (Fsp3) is 0.105. The zero-order valence-electron chi connectivity index (χ0n) is 14.1. The summed E-state index contributed by atoms with van der Waals surface area (Å²) < 4.78 is 28.2.